The van der Waals surface area contributed by atoms with Crippen molar-refractivity contribution < 1.29 is 4.79 Å². The number of amides is 1. The molecule has 1 rings (SSSR count). The van der Waals surface area contributed by atoms with E-state index in [0.29, 0.717) is 12.5 Å². The van der Waals surface area contributed by atoms with Crippen molar-refractivity contribution in [3.05, 3.63) is 12.7 Å². The number of guanidine groups is 1. The lowest BCUT2D eigenvalue weighted by molar-refractivity contribution is -0.127. The largest absolute Gasteiger partial charge is 0.356 e. The quantitative estimate of drug-likeness (QED) is 0.208. The van der Waals surface area contributed by atoms with Crippen LogP contribution in [-0.4, -0.2) is 50.5 Å². The Morgan fingerprint density at radius 2 is 2.00 bits per heavy atom. The van der Waals surface area contributed by atoms with Gasteiger partial charge in [-0.25, -0.2) is 4.99 Å². The lowest BCUT2D eigenvalue weighted by Crippen LogP contribution is -2.39. The van der Waals surface area contributed by atoms with Crippen LogP contribution in [0.2, 0.25) is 0 Å². The SMILES string of the molecule is C=CCNC(=NCC(=O)N(C)C)NCCCC1CCCC1.I. The fourth-order valence-corrected chi connectivity index (χ4v) is 2.53. The predicted octanol–water partition coefficient (Wildman–Crippen LogP) is 2.38. The van der Waals surface area contributed by atoms with Gasteiger partial charge in [0.2, 0.25) is 5.91 Å². The Morgan fingerprint density at radius 1 is 1.32 bits per heavy atom. The maximum absolute atomic E-state index is 11.6. The van der Waals surface area contributed by atoms with Crippen molar-refractivity contribution >= 4 is 35.8 Å². The third kappa shape index (κ3) is 9.27. The summed E-state index contributed by atoms with van der Waals surface area (Å²) in [5.74, 6) is 1.61. The van der Waals surface area contributed by atoms with E-state index in [2.05, 4.69) is 22.2 Å². The van der Waals surface area contributed by atoms with Gasteiger partial charge in [0.15, 0.2) is 5.96 Å². The highest BCUT2D eigenvalue weighted by Crippen LogP contribution is 2.28. The third-order valence-electron chi connectivity index (χ3n) is 3.84. The standard InChI is InChI=1S/C16H30N4O.HI/c1-4-11-17-16(19-13-15(21)20(2)3)18-12-7-10-14-8-5-6-9-14;/h4,14H,1,5-13H2,2-3H3,(H2,17,18,19);1H. The van der Waals surface area contributed by atoms with Crippen LogP contribution in [0.1, 0.15) is 38.5 Å². The van der Waals surface area contributed by atoms with Crippen molar-refractivity contribution in [2.24, 2.45) is 10.9 Å². The number of hydrogen-bond donors (Lipinski definition) is 2. The molecule has 22 heavy (non-hydrogen) atoms. The number of halogens is 1. The molecule has 0 bridgehead atoms. The van der Waals surface area contributed by atoms with Crippen LogP contribution < -0.4 is 10.6 Å². The van der Waals surface area contributed by atoms with Crippen LogP contribution in [0.3, 0.4) is 0 Å². The van der Waals surface area contributed by atoms with Crippen molar-refractivity contribution in [3.63, 3.8) is 0 Å². The molecular formula is C16H31IN4O. The molecule has 0 radical (unpaired) electrons. The molecule has 2 N–H and O–H groups in total. The lowest BCUT2D eigenvalue weighted by atomic mass is 10.0. The molecule has 1 fully saturated rings. The number of nitrogens with one attached hydrogen (secondary N) is 2. The molecule has 0 heterocycles. The molecule has 6 heteroatoms. The molecule has 0 atom stereocenters. The summed E-state index contributed by atoms with van der Waals surface area (Å²) in [7, 11) is 3.48. The first kappa shape index (κ1) is 21.2. The number of likely N-dealkylation sites (N-methyl/N-ethyl adjacent to an activating group) is 1. The van der Waals surface area contributed by atoms with Crippen LogP contribution >= 0.6 is 24.0 Å². The van der Waals surface area contributed by atoms with Crippen molar-refractivity contribution in [3.8, 4) is 0 Å². The Bertz CT molecular complexity index is 352. The van der Waals surface area contributed by atoms with Crippen molar-refractivity contribution in [1.29, 1.82) is 0 Å². The Morgan fingerprint density at radius 3 is 2.59 bits per heavy atom. The summed E-state index contributed by atoms with van der Waals surface area (Å²) in [5, 5.41) is 6.44. The monoisotopic (exact) mass is 422 g/mol. The van der Waals surface area contributed by atoms with Gasteiger partial charge in [-0.05, 0) is 18.8 Å². The molecule has 1 aliphatic carbocycles. The first-order chi connectivity index (χ1) is 10.1. The van der Waals surface area contributed by atoms with E-state index in [9.17, 15) is 4.79 Å². The minimum Gasteiger partial charge on any atom is -0.356 e. The number of rotatable bonds is 8. The molecule has 0 aromatic rings. The van der Waals surface area contributed by atoms with Gasteiger partial charge in [-0.15, -0.1) is 30.6 Å². The van der Waals surface area contributed by atoms with Gasteiger partial charge < -0.3 is 15.5 Å². The van der Waals surface area contributed by atoms with Crippen molar-refractivity contribution in [1.82, 2.24) is 15.5 Å². The van der Waals surface area contributed by atoms with E-state index in [4.69, 9.17) is 0 Å². The number of nitrogens with zero attached hydrogens (tertiary/aromatic N) is 2. The van der Waals surface area contributed by atoms with Gasteiger partial charge in [0.1, 0.15) is 6.54 Å². The van der Waals surface area contributed by atoms with Crippen molar-refractivity contribution in [2.75, 3.05) is 33.7 Å². The van der Waals surface area contributed by atoms with Crippen LogP contribution in [0.5, 0.6) is 0 Å². The Kier molecular flexibility index (Phi) is 12.3. The molecule has 0 aromatic carbocycles. The predicted molar refractivity (Wildman–Crippen MR) is 104 cm³/mol. The second-order valence-corrected chi connectivity index (χ2v) is 5.84. The summed E-state index contributed by atoms with van der Waals surface area (Å²) in [6.07, 6.45) is 9.82. The molecule has 1 saturated carbocycles. The molecule has 0 spiro atoms. The van der Waals surface area contributed by atoms with E-state index in [-0.39, 0.29) is 36.4 Å². The highest BCUT2D eigenvalue weighted by molar-refractivity contribution is 14.0. The Balaban J connectivity index is 0.00000441. The first-order valence-corrected chi connectivity index (χ1v) is 7.96. The topological polar surface area (TPSA) is 56.7 Å². The van der Waals surface area contributed by atoms with E-state index in [1.165, 1.54) is 32.1 Å². The van der Waals surface area contributed by atoms with Gasteiger partial charge in [0.25, 0.3) is 0 Å². The van der Waals surface area contributed by atoms with E-state index in [1.54, 1.807) is 25.1 Å². The second kappa shape index (κ2) is 12.7. The minimum atomic E-state index is 0. The molecule has 1 aliphatic rings. The molecule has 0 aromatic heterocycles. The fourth-order valence-electron chi connectivity index (χ4n) is 2.53. The normalized spacial score (nSPS) is 15.1. The minimum absolute atomic E-state index is 0. The van der Waals surface area contributed by atoms with Gasteiger partial charge in [-0.2, -0.15) is 0 Å². The maximum atomic E-state index is 11.6. The fraction of sp³-hybridized carbons (Fsp3) is 0.750. The zero-order valence-electron chi connectivity index (χ0n) is 13.9. The maximum Gasteiger partial charge on any atom is 0.243 e. The number of hydrogen-bond acceptors (Lipinski definition) is 2. The van der Waals surface area contributed by atoms with Crippen molar-refractivity contribution in [2.45, 2.75) is 38.5 Å². The van der Waals surface area contributed by atoms with Gasteiger partial charge >= 0.3 is 0 Å². The highest BCUT2D eigenvalue weighted by atomic mass is 127. The summed E-state index contributed by atoms with van der Waals surface area (Å²) in [4.78, 5) is 17.4. The summed E-state index contributed by atoms with van der Waals surface area (Å²) < 4.78 is 0. The van der Waals surface area contributed by atoms with Gasteiger partial charge in [-0.3, -0.25) is 4.79 Å². The molecule has 0 unspecified atom stereocenters. The van der Waals surface area contributed by atoms with Crippen LogP contribution in [0, 0.1) is 5.92 Å². The van der Waals surface area contributed by atoms with Gasteiger partial charge in [0.05, 0.1) is 0 Å². The summed E-state index contributed by atoms with van der Waals surface area (Å²) >= 11 is 0. The lowest BCUT2D eigenvalue weighted by Gasteiger charge is -2.14. The molecule has 0 aliphatic heterocycles. The number of aliphatic imine (C=N–C) groups is 1. The average Bonchev–Trinajstić information content (AvgIpc) is 2.98. The Labute approximate surface area is 152 Å². The van der Waals surface area contributed by atoms with E-state index < -0.39 is 0 Å². The third-order valence-corrected chi connectivity index (χ3v) is 3.84. The first-order valence-electron chi connectivity index (χ1n) is 7.96. The number of carbonyl (C=O) groups is 1. The van der Waals surface area contributed by atoms with Crippen LogP contribution in [0.25, 0.3) is 0 Å². The Hall–Kier alpha value is -0.790. The molecular weight excluding hydrogens is 391 g/mol. The molecule has 128 valence electrons. The van der Waals surface area contributed by atoms with Gasteiger partial charge in [-0.1, -0.05) is 31.8 Å². The molecule has 0 saturated heterocycles. The number of carbonyl (C=O) groups excluding carboxylic acids is 1. The van der Waals surface area contributed by atoms with E-state index >= 15 is 0 Å². The highest BCUT2D eigenvalue weighted by Gasteiger charge is 2.14. The molecule has 1 amide bonds. The summed E-state index contributed by atoms with van der Waals surface area (Å²) in [6, 6.07) is 0. The van der Waals surface area contributed by atoms with Crippen LogP contribution in [0.4, 0.5) is 0 Å². The summed E-state index contributed by atoms with van der Waals surface area (Å²) in [6.45, 7) is 5.40. The second-order valence-electron chi connectivity index (χ2n) is 5.84. The van der Waals surface area contributed by atoms with Crippen LogP contribution in [-0.2, 0) is 4.79 Å². The zero-order valence-corrected chi connectivity index (χ0v) is 16.3. The van der Waals surface area contributed by atoms with Gasteiger partial charge in [0, 0.05) is 27.2 Å². The average molecular weight is 422 g/mol. The van der Waals surface area contributed by atoms with Crippen LogP contribution in [0.15, 0.2) is 17.6 Å². The summed E-state index contributed by atoms with van der Waals surface area (Å²) in [5.41, 5.74) is 0. The molecule has 5 nitrogen and oxygen atoms in total. The zero-order chi connectivity index (χ0) is 15.5. The smallest absolute Gasteiger partial charge is 0.243 e. The van der Waals surface area contributed by atoms with E-state index in [0.717, 1.165) is 18.9 Å². The van der Waals surface area contributed by atoms with E-state index in [1.807, 2.05) is 0 Å².